The first-order chi connectivity index (χ1) is 9.69. The molecule has 0 atom stereocenters. The van der Waals surface area contributed by atoms with Crippen LogP contribution in [0.3, 0.4) is 0 Å². The quantitative estimate of drug-likeness (QED) is 0.773. The van der Waals surface area contributed by atoms with E-state index in [9.17, 15) is 9.90 Å². The molecular formula is C15H22N2O3. The number of hydrogen-bond donors (Lipinski definition) is 3. The number of methoxy groups -OCH3 is 1. The van der Waals surface area contributed by atoms with Gasteiger partial charge >= 0.3 is 6.03 Å². The molecule has 5 nitrogen and oxygen atoms in total. The van der Waals surface area contributed by atoms with Crippen LogP contribution in [0.5, 0.6) is 0 Å². The Bertz CT molecular complexity index is 456. The Labute approximate surface area is 119 Å². The van der Waals surface area contributed by atoms with Crippen LogP contribution in [0.2, 0.25) is 0 Å². The van der Waals surface area contributed by atoms with Gasteiger partial charge in [0.05, 0.1) is 18.8 Å². The number of urea groups is 1. The van der Waals surface area contributed by atoms with Crippen LogP contribution in [0.25, 0.3) is 0 Å². The predicted molar refractivity (Wildman–Crippen MR) is 77.6 cm³/mol. The molecule has 5 heteroatoms. The van der Waals surface area contributed by atoms with Gasteiger partial charge in [0.15, 0.2) is 0 Å². The van der Waals surface area contributed by atoms with E-state index in [4.69, 9.17) is 4.74 Å². The van der Waals surface area contributed by atoms with Gasteiger partial charge in [-0.3, -0.25) is 0 Å². The summed E-state index contributed by atoms with van der Waals surface area (Å²) in [5.74, 6) is 0. The molecule has 0 unspecified atom stereocenters. The first-order valence-corrected chi connectivity index (χ1v) is 6.96. The summed E-state index contributed by atoms with van der Waals surface area (Å²) < 4.78 is 5.11. The largest absolute Gasteiger partial charge is 0.394 e. The molecule has 1 aromatic rings. The highest BCUT2D eigenvalue weighted by Crippen LogP contribution is 2.29. The van der Waals surface area contributed by atoms with Crippen LogP contribution in [0.1, 0.15) is 31.2 Å². The van der Waals surface area contributed by atoms with Crippen molar-refractivity contribution < 1.29 is 14.6 Å². The molecule has 0 spiro atoms. The van der Waals surface area contributed by atoms with Crippen LogP contribution < -0.4 is 10.6 Å². The second-order valence-electron chi connectivity index (χ2n) is 5.31. The van der Waals surface area contributed by atoms with Crippen LogP contribution in [-0.2, 0) is 11.3 Å². The lowest BCUT2D eigenvalue weighted by molar-refractivity contribution is 0.167. The Balaban J connectivity index is 2.01. The second-order valence-corrected chi connectivity index (χ2v) is 5.31. The van der Waals surface area contributed by atoms with Gasteiger partial charge in [0, 0.05) is 18.4 Å². The second kappa shape index (κ2) is 6.72. The lowest BCUT2D eigenvalue weighted by Crippen LogP contribution is -2.50. The molecule has 0 aromatic heterocycles. The minimum absolute atomic E-state index is 0.0138. The normalized spacial score (nSPS) is 16.9. The molecule has 0 bridgehead atoms. The molecule has 0 saturated heterocycles. The number of carbonyl (C=O) groups is 1. The number of anilines is 1. The summed E-state index contributed by atoms with van der Waals surface area (Å²) in [6.07, 6.45) is 3.75. The number of para-hydroxylation sites is 1. The Hall–Kier alpha value is -1.59. The molecule has 1 aromatic carbocycles. The van der Waals surface area contributed by atoms with Crippen molar-refractivity contribution in [3.63, 3.8) is 0 Å². The molecule has 1 saturated carbocycles. The van der Waals surface area contributed by atoms with Gasteiger partial charge in [-0.05, 0) is 18.9 Å². The van der Waals surface area contributed by atoms with Gasteiger partial charge in [-0.1, -0.05) is 31.0 Å². The van der Waals surface area contributed by atoms with Crippen LogP contribution in [0, 0.1) is 0 Å². The van der Waals surface area contributed by atoms with E-state index in [2.05, 4.69) is 10.6 Å². The molecule has 3 N–H and O–H groups in total. The summed E-state index contributed by atoms with van der Waals surface area (Å²) in [7, 11) is 1.62. The van der Waals surface area contributed by atoms with E-state index in [1.165, 1.54) is 0 Å². The van der Waals surface area contributed by atoms with Crippen molar-refractivity contribution in [2.24, 2.45) is 0 Å². The zero-order valence-electron chi connectivity index (χ0n) is 11.8. The number of rotatable bonds is 5. The molecule has 0 aliphatic heterocycles. The molecule has 1 aliphatic carbocycles. The molecule has 2 amide bonds. The van der Waals surface area contributed by atoms with Crippen molar-refractivity contribution in [1.82, 2.24) is 5.32 Å². The van der Waals surface area contributed by atoms with E-state index in [0.29, 0.717) is 6.61 Å². The molecule has 20 heavy (non-hydrogen) atoms. The topological polar surface area (TPSA) is 70.6 Å². The van der Waals surface area contributed by atoms with Gasteiger partial charge in [0.2, 0.25) is 0 Å². The third-order valence-corrected chi connectivity index (χ3v) is 3.81. The molecule has 1 fully saturated rings. The maximum Gasteiger partial charge on any atom is 0.319 e. The third kappa shape index (κ3) is 3.49. The number of carbonyl (C=O) groups excluding carboxylic acids is 1. The van der Waals surface area contributed by atoms with Crippen LogP contribution in [-0.4, -0.2) is 30.4 Å². The van der Waals surface area contributed by atoms with E-state index in [1.807, 2.05) is 24.3 Å². The van der Waals surface area contributed by atoms with Crippen molar-refractivity contribution in [3.8, 4) is 0 Å². The molecule has 0 heterocycles. The van der Waals surface area contributed by atoms with Gasteiger partial charge in [-0.15, -0.1) is 0 Å². The Kier molecular flexibility index (Phi) is 4.98. The van der Waals surface area contributed by atoms with Gasteiger partial charge in [-0.2, -0.15) is 0 Å². The van der Waals surface area contributed by atoms with Crippen LogP contribution in [0.15, 0.2) is 24.3 Å². The number of amides is 2. The zero-order valence-corrected chi connectivity index (χ0v) is 11.8. The summed E-state index contributed by atoms with van der Waals surface area (Å²) in [6, 6.07) is 7.25. The first kappa shape index (κ1) is 14.8. The van der Waals surface area contributed by atoms with Gasteiger partial charge < -0.3 is 20.5 Å². The maximum absolute atomic E-state index is 12.1. The molecular weight excluding hydrogens is 256 g/mol. The number of benzene rings is 1. The van der Waals surface area contributed by atoms with Crippen molar-refractivity contribution >= 4 is 11.7 Å². The number of nitrogens with one attached hydrogen (secondary N) is 2. The molecule has 110 valence electrons. The monoisotopic (exact) mass is 278 g/mol. The summed E-state index contributed by atoms with van der Waals surface area (Å²) >= 11 is 0. The van der Waals surface area contributed by atoms with E-state index < -0.39 is 5.54 Å². The van der Waals surface area contributed by atoms with Gasteiger partial charge in [0.1, 0.15) is 0 Å². The Morgan fingerprint density at radius 3 is 2.70 bits per heavy atom. The predicted octanol–water partition coefficient (Wildman–Crippen LogP) is 2.26. The van der Waals surface area contributed by atoms with Crippen LogP contribution in [0.4, 0.5) is 10.5 Å². The average molecular weight is 278 g/mol. The fourth-order valence-corrected chi connectivity index (χ4v) is 2.69. The minimum Gasteiger partial charge on any atom is -0.394 e. The third-order valence-electron chi connectivity index (χ3n) is 3.81. The lowest BCUT2D eigenvalue weighted by atomic mass is 9.99. The Morgan fingerprint density at radius 2 is 2.05 bits per heavy atom. The lowest BCUT2D eigenvalue weighted by Gasteiger charge is -2.28. The average Bonchev–Trinajstić information content (AvgIpc) is 2.90. The van der Waals surface area contributed by atoms with E-state index in [0.717, 1.165) is 36.9 Å². The minimum atomic E-state index is -0.458. The maximum atomic E-state index is 12.1. The summed E-state index contributed by atoms with van der Waals surface area (Å²) in [4.78, 5) is 12.1. The summed E-state index contributed by atoms with van der Waals surface area (Å²) in [5.41, 5.74) is 1.20. The van der Waals surface area contributed by atoms with E-state index >= 15 is 0 Å². The van der Waals surface area contributed by atoms with Crippen LogP contribution >= 0.6 is 0 Å². The fraction of sp³-hybridized carbons (Fsp3) is 0.533. The van der Waals surface area contributed by atoms with Gasteiger partial charge in [0.25, 0.3) is 0 Å². The highest BCUT2D eigenvalue weighted by atomic mass is 16.5. The summed E-state index contributed by atoms with van der Waals surface area (Å²) in [6.45, 7) is 0.432. The molecule has 2 rings (SSSR count). The molecule has 1 aliphatic rings. The first-order valence-electron chi connectivity index (χ1n) is 6.96. The van der Waals surface area contributed by atoms with E-state index in [-0.39, 0.29) is 12.6 Å². The highest BCUT2D eigenvalue weighted by Gasteiger charge is 2.34. The van der Waals surface area contributed by atoms with Crippen molar-refractivity contribution in [3.05, 3.63) is 29.8 Å². The number of hydrogen-bond acceptors (Lipinski definition) is 3. The fourth-order valence-electron chi connectivity index (χ4n) is 2.69. The van der Waals surface area contributed by atoms with Crippen molar-refractivity contribution in [2.45, 2.75) is 37.8 Å². The Morgan fingerprint density at radius 1 is 1.35 bits per heavy atom. The standard InChI is InChI=1S/C15H22N2O3/c1-20-10-12-6-2-3-7-13(12)16-14(19)17-15(11-18)8-4-5-9-15/h2-3,6-7,18H,4-5,8-11H2,1H3,(H2,16,17,19). The van der Waals surface area contributed by atoms with Crippen molar-refractivity contribution in [2.75, 3.05) is 19.0 Å². The SMILES string of the molecule is COCc1ccccc1NC(=O)NC1(CO)CCCC1. The van der Waals surface area contributed by atoms with Crippen molar-refractivity contribution in [1.29, 1.82) is 0 Å². The zero-order chi connectivity index (χ0) is 14.4. The highest BCUT2D eigenvalue weighted by molar-refractivity contribution is 5.90. The number of ether oxygens (including phenoxy) is 1. The smallest absolute Gasteiger partial charge is 0.319 e. The van der Waals surface area contributed by atoms with E-state index in [1.54, 1.807) is 7.11 Å². The molecule has 0 radical (unpaired) electrons. The summed E-state index contributed by atoms with van der Waals surface area (Å²) in [5, 5.41) is 15.3. The number of aliphatic hydroxyl groups excluding tert-OH is 1. The number of aliphatic hydroxyl groups is 1. The van der Waals surface area contributed by atoms with Gasteiger partial charge in [-0.25, -0.2) is 4.79 Å².